The van der Waals surface area contributed by atoms with Crippen LogP contribution in [0.25, 0.3) is 10.8 Å². The van der Waals surface area contributed by atoms with E-state index in [4.69, 9.17) is 9.47 Å². The molecule has 26 heavy (non-hydrogen) atoms. The molecule has 1 N–H and O–H groups in total. The van der Waals surface area contributed by atoms with Gasteiger partial charge in [-0.15, -0.1) is 0 Å². The zero-order valence-electron chi connectivity index (χ0n) is 15.2. The van der Waals surface area contributed by atoms with Crippen LogP contribution < -0.4 is 14.8 Å². The highest BCUT2D eigenvalue weighted by Crippen LogP contribution is 2.22. The molecule has 4 nitrogen and oxygen atoms in total. The van der Waals surface area contributed by atoms with E-state index in [1.165, 1.54) is 0 Å². The molecule has 0 aromatic heterocycles. The van der Waals surface area contributed by atoms with Crippen molar-refractivity contribution in [1.29, 1.82) is 0 Å². The van der Waals surface area contributed by atoms with Gasteiger partial charge in [-0.2, -0.15) is 0 Å². The van der Waals surface area contributed by atoms with Gasteiger partial charge in [-0.1, -0.05) is 36.4 Å². The van der Waals surface area contributed by atoms with Gasteiger partial charge in [0.2, 0.25) is 0 Å². The van der Waals surface area contributed by atoms with Crippen molar-refractivity contribution in [2.24, 2.45) is 0 Å². The lowest BCUT2D eigenvalue weighted by molar-refractivity contribution is -0.122. The summed E-state index contributed by atoms with van der Waals surface area (Å²) < 4.78 is 11.5. The smallest absolute Gasteiger partial charge is 0.265 e. The van der Waals surface area contributed by atoms with Gasteiger partial charge in [0.1, 0.15) is 11.5 Å². The number of amides is 1. The highest BCUT2D eigenvalue weighted by atomic mass is 16.5. The van der Waals surface area contributed by atoms with E-state index in [1.807, 2.05) is 74.5 Å². The number of hydrogen-bond acceptors (Lipinski definition) is 3. The molecule has 3 aromatic rings. The lowest BCUT2D eigenvalue weighted by Crippen LogP contribution is -2.30. The molecule has 1 atom stereocenters. The van der Waals surface area contributed by atoms with Crippen LogP contribution in [0, 0.1) is 0 Å². The number of carbonyl (C=O) groups is 1. The number of carbonyl (C=O) groups excluding carboxylic acids is 1. The topological polar surface area (TPSA) is 47.6 Å². The fraction of sp³-hybridized carbons (Fsp3) is 0.227. The van der Waals surface area contributed by atoms with Crippen molar-refractivity contribution >= 4 is 22.4 Å². The van der Waals surface area contributed by atoms with Gasteiger partial charge in [-0.3, -0.25) is 4.79 Å². The minimum atomic E-state index is -0.620. The van der Waals surface area contributed by atoms with Gasteiger partial charge >= 0.3 is 0 Å². The molecule has 0 bridgehead atoms. The zero-order valence-corrected chi connectivity index (χ0v) is 15.2. The van der Waals surface area contributed by atoms with Crippen molar-refractivity contribution in [2.75, 3.05) is 5.32 Å². The van der Waals surface area contributed by atoms with Crippen LogP contribution in [0.3, 0.4) is 0 Å². The Balaban J connectivity index is 1.65. The van der Waals surface area contributed by atoms with Crippen molar-refractivity contribution in [3.63, 3.8) is 0 Å². The SMILES string of the molecule is CC(C)Oc1cccc(NC(=O)C(C)Oc2ccc3ccccc3c2)c1. The van der Waals surface area contributed by atoms with Crippen molar-refractivity contribution in [3.8, 4) is 11.5 Å². The number of hydrogen-bond donors (Lipinski definition) is 1. The summed E-state index contributed by atoms with van der Waals surface area (Å²) in [6.07, 6.45) is -0.540. The number of anilines is 1. The molecule has 0 spiro atoms. The highest BCUT2D eigenvalue weighted by molar-refractivity contribution is 5.94. The second-order valence-corrected chi connectivity index (χ2v) is 6.45. The fourth-order valence-electron chi connectivity index (χ4n) is 2.66. The Bertz CT molecular complexity index is 905. The van der Waals surface area contributed by atoms with Gasteiger partial charge in [0.25, 0.3) is 5.91 Å². The first kappa shape index (κ1) is 17.8. The average Bonchev–Trinajstić information content (AvgIpc) is 2.61. The van der Waals surface area contributed by atoms with E-state index in [1.54, 1.807) is 13.0 Å². The molecule has 3 aromatic carbocycles. The van der Waals surface area contributed by atoms with Gasteiger partial charge in [-0.05, 0) is 55.8 Å². The van der Waals surface area contributed by atoms with Crippen LogP contribution in [0.5, 0.6) is 11.5 Å². The van der Waals surface area contributed by atoms with Crippen LogP contribution >= 0.6 is 0 Å². The summed E-state index contributed by atoms with van der Waals surface area (Å²) in [5.41, 5.74) is 0.683. The third kappa shape index (κ3) is 4.54. The molecule has 0 saturated heterocycles. The number of benzene rings is 3. The predicted octanol–water partition coefficient (Wildman–Crippen LogP) is 5.03. The summed E-state index contributed by atoms with van der Waals surface area (Å²) in [6, 6.07) is 21.2. The van der Waals surface area contributed by atoms with Crippen LogP contribution in [0.1, 0.15) is 20.8 Å². The Morgan fingerprint density at radius 1 is 0.808 bits per heavy atom. The van der Waals surface area contributed by atoms with Crippen LogP contribution in [0.4, 0.5) is 5.69 Å². The van der Waals surface area contributed by atoms with Gasteiger partial charge in [0.15, 0.2) is 6.10 Å². The van der Waals surface area contributed by atoms with Crippen molar-refractivity contribution < 1.29 is 14.3 Å². The molecule has 0 aliphatic rings. The molecule has 0 heterocycles. The third-order valence-electron chi connectivity index (χ3n) is 3.88. The zero-order chi connectivity index (χ0) is 18.5. The molecule has 3 rings (SSSR count). The first-order chi connectivity index (χ1) is 12.5. The molecule has 134 valence electrons. The van der Waals surface area contributed by atoms with Crippen LogP contribution in [0.2, 0.25) is 0 Å². The normalized spacial score (nSPS) is 12.0. The van der Waals surface area contributed by atoms with E-state index in [9.17, 15) is 4.79 Å². The van der Waals surface area contributed by atoms with Gasteiger partial charge in [0.05, 0.1) is 6.10 Å². The monoisotopic (exact) mass is 349 g/mol. The van der Waals surface area contributed by atoms with E-state index in [0.29, 0.717) is 11.4 Å². The second-order valence-electron chi connectivity index (χ2n) is 6.45. The molecule has 0 radical (unpaired) electrons. The maximum atomic E-state index is 12.4. The molecule has 0 aliphatic carbocycles. The van der Waals surface area contributed by atoms with Crippen LogP contribution in [0.15, 0.2) is 66.7 Å². The van der Waals surface area contributed by atoms with Gasteiger partial charge in [-0.25, -0.2) is 0 Å². The minimum Gasteiger partial charge on any atom is -0.491 e. The van der Waals surface area contributed by atoms with Crippen molar-refractivity contribution in [3.05, 3.63) is 66.7 Å². The lowest BCUT2D eigenvalue weighted by Gasteiger charge is -2.16. The quantitative estimate of drug-likeness (QED) is 0.679. The Hall–Kier alpha value is -3.01. The predicted molar refractivity (Wildman–Crippen MR) is 105 cm³/mol. The van der Waals surface area contributed by atoms with E-state index >= 15 is 0 Å². The third-order valence-corrected chi connectivity index (χ3v) is 3.88. The summed E-state index contributed by atoms with van der Waals surface area (Å²) in [5, 5.41) is 5.09. The van der Waals surface area contributed by atoms with Crippen molar-refractivity contribution in [1.82, 2.24) is 0 Å². The van der Waals surface area contributed by atoms with E-state index in [0.717, 1.165) is 16.5 Å². The molecule has 0 fully saturated rings. The summed E-state index contributed by atoms with van der Waals surface area (Å²) >= 11 is 0. The Labute approximate surface area is 153 Å². The summed E-state index contributed by atoms with van der Waals surface area (Å²) in [4.78, 5) is 12.4. The molecule has 1 amide bonds. The number of nitrogens with one attached hydrogen (secondary N) is 1. The standard InChI is InChI=1S/C22H23NO3/c1-15(2)25-20-10-6-9-19(14-20)23-22(24)16(3)26-21-12-11-17-7-4-5-8-18(17)13-21/h4-16H,1-3H3,(H,23,24). The van der Waals surface area contributed by atoms with Crippen LogP contribution in [-0.4, -0.2) is 18.1 Å². The number of fused-ring (bicyclic) bond motifs is 1. The Kier molecular flexibility index (Phi) is 5.42. The maximum Gasteiger partial charge on any atom is 0.265 e. The Morgan fingerprint density at radius 3 is 2.31 bits per heavy atom. The highest BCUT2D eigenvalue weighted by Gasteiger charge is 2.15. The van der Waals surface area contributed by atoms with Gasteiger partial charge in [0, 0.05) is 11.8 Å². The molecule has 4 heteroatoms. The van der Waals surface area contributed by atoms with E-state index in [-0.39, 0.29) is 12.0 Å². The average molecular weight is 349 g/mol. The summed E-state index contributed by atoms with van der Waals surface area (Å²) in [5.74, 6) is 1.18. The van der Waals surface area contributed by atoms with E-state index < -0.39 is 6.10 Å². The molecular weight excluding hydrogens is 326 g/mol. The Morgan fingerprint density at radius 2 is 1.54 bits per heavy atom. The molecule has 0 aliphatic heterocycles. The molecular formula is C22H23NO3. The van der Waals surface area contributed by atoms with Crippen LogP contribution in [-0.2, 0) is 4.79 Å². The first-order valence-corrected chi connectivity index (χ1v) is 8.74. The summed E-state index contributed by atoms with van der Waals surface area (Å²) in [7, 11) is 0. The van der Waals surface area contributed by atoms with Crippen molar-refractivity contribution in [2.45, 2.75) is 33.0 Å². The fourth-order valence-corrected chi connectivity index (χ4v) is 2.66. The largest absolute Gasteiger partial charge is 0.491 e. The second kappa shape index (κ2) is 7.91. The summed E-state index contributed by atoms with van der Waals surface area (Å²) in [6.45, 7) is 5.66. The molecule has 1 unspecified atom stereocenters. The van der Waals surface area contributed by atoms with Gasteiger partial charge < -0.3 is 14.8 Å². The lowest BCUT2D eigenvalue weighted by atomic mass is 10.1. The number of rotatable bonds is 6. The van der Waals surface area contributed by atoms with E-state index in [2.05, 4.69) is 5.32 Å². The minimum absolute atomic E-state index is 0.0797. The first-order valence-electron chi connectivity index (χ1n) is 8.74. The number of ether oxygens (including phenoxy) is 2. The maximum absolute atomic E-state index is 12.4. The molecule has 0 saturated carbocycles.